The van der Waals surface area contributed by atoms with Gasteiger partial charge in [0.2, 0.25) is 23.6 Å². The van der Waals surface area contributed by atoms with Crippen molar-refractivity contribution in [1.29, 1.82) is 0 Å². The van der Waals surface area contributed by atoms with Crippen molar-refractivity contribution in [3.8, 4) is 12.3 Å². The predicted octanol–water partition coefficient (Wildman–Crippen LogP) is 6.37. The zero-order valence-electron chi connectivity index (χ0n) is 58.2. The second-order valence-electron chi connectivity index (χ2n) is 25.7. The number of rotatable bonds is 43. The van der Waals surface area contributed by atoms with Gasteiger partial charge in [-0.2, -0.15) is 0 Å². The van der Waals surface area contributed by atoms with Crippen LogP contribution in [-0.2, 0) is 70.4 Å². The Morgan fingerprint density at radius 3 is 2.09 bits per heavy atom. The number of likely N-dealkylation sites (N-methyl/N-ethyl adjacent to an activating group) is 1. The summed E-state index contributed by atoms with van der Waals surface area (Å²) in [5.41, 5.74) is 5.86. The van der Waals surface area contributed by atoms with Crippen molar-refractivity contribution >= 4 is 82.2 Å². The maximum absolute atomic E-state index is 14.9. The summed E-state index contributed by atoms with van der Waals surface area (Å²) in [6, 6.07) is 7.38. The van der Waals surface area contributed by atoms with Crippen LogP contribution in [0.3, 0.4) is 0 Å². The molecule has 8 atom stereocenters. The molecule has 98 heavy (non-hydrogen) atoms. The number of carboxylic acids is 1. The summed E-state index contributed by atoms with van der Waals surface area (Å²) in [6.45, 7) is 16.8. The van der Waals surface area contributed by atoms with E-state index in [9.17, 15) is 53.1 Å². The first-order chi connectivity index (χ1) is 46.6. The SMILES string of the molecule is C#CCCCON(C(=O)[C@@H](NC(=O)[C@H]1CCCCN1C)[C@@H](C)CC)[C@H](C[C@@H](OC(C)=O)c1nc(C(=O)N[C@@H](Cc2ccc(NC(=O)OCc3ccc(NC(=O)[C@H](CCCNC(N)=O)NC(=O)[C@@H](NC(=O)CCOCCOCCO)C(C)C)cc3)cc2)CC(C)(C)C(=O)O)cs1)C(C)C. The van der Waals surface area contributed by atoms with Gasteiger partial charge in [0.1, 0.15) is 35.4 Å². The quantitative estimate of drug-likeness (QED) is 0.0127. The topological polar surface area (TPSA) is 387 Å². The number of carbonyl (C=O) groups excluding carboxylic acids is 9. The predicted molar refractivity (Wildman–Crippen MR) is 368 cm³/mol. The van der Waals surface area contributed by atoms with Crippen LogP contribution >= 0.6 is 11.3 Å². The Kier molecular flexibility index (Phi) is 35.6. The van der Waals surface area contributed by atoms with E-state index in [1.165, 1.54) is 17.4 Å². The number of hydroxylamine groups is 2. The summed E-state index contributed by atoms with van der Waals surface area (Å²) in [6.07, 6.45) is 8.11. The monoisotopic (exact) mass is 1390 g/mol. The molecule has 0 unspecified atom stereocenters. The Morgan fingerprint density at radius 1 is 0.827 bits per heavy atom. The average molecular weight is 1390 g/mol. The minimum absolute atomic E-state index is 0.000220. The average Bonchev–Trinajstić information content (AvgIpc) is 1.12. The fraction of sp³-hybridized carbons (Fsp3) is 0.609. The number of aromatic nitrogens is 1. The highest BCUT2D eigenvalue weighted by atomic mass is 32.1. The molecule has 1 aromatic heterocycles. The van der Waals surface area contributed by atoms with Gasteiger partial charge in [-0.3, -0.25) is 53.4 Å². The number of nitrogens with two attached hydrogens (primary N) is 1. The van der Waals surface area contributed by atoms with Gasteiger partial charge in [-0.15, -0.1) is 23.7 Å². The van der Waals surface area contributed by atoms with Crippen LogP contribution in [0.5, 0.6) is 0 Å². The number of primary amides is 1. The maximum Gasteiger partial charge on any atom is 0.411 e. The van der Waals surface area contributed by atoms with Crippen LogP contribution in [0.2, 0.25) is 0 Å². The van der Waals surface area contributed by atoms with Crippen LogP contribution in [0.15, 0.2) is 53.9 Å². The Balaban J connectivity index is 1.43. The molecule has 0 aliphatic carbocycles. The summed E-state index contributed by atoms with van der Waals surface area (Å²) in [5, 5.41) is 41.4. The van der Waals surface area contributed by atoms with Crippen molar-refractivity contribution in [2.45, 2.75) is 188 Å². The van der Waals surface area contributed by atoms with Crippen LogP contribution in [-0.4, -0.2) is 181 Å². The third-order valence-corrected chi connectivity index (χ3v) is 17.5. The standard InChI is InChI=1S/C69H103N11O17S/c1-12-14-17-33-96-80(65(88)59(45(7)13-2)78-62(86)54-20-15-16-31-79(54)11)55(43(3)4)39-56(97-46(8)82)64-76-53(42-98-64)61(85)73-51(40-69(9,10)66(89)90)38-47-21-25-50(26-22-47)74-68(92)95-41-48-23-27-49(28-24-48)72-60(84)52(19-18-30-71-67(70)91)75-63(87)58(44(5)6)77-57(83)29-34-93-36-37-94-35-32-81/h1,21-28,42-45,51-52,54-56,58-59,81H,13-20,29-41H2,2-11H3,(H,72,84)(H,73,85)(H,74,92)(H,75,87)(H,77,83)(H,78,86)(H,89,90)(H3,70,71,91)/t45-,51-,52-,54+,55+,56+,58-,59-/m0/s1. The van der Waals surface area contributed by atoms with Gasteiger partial charge in [0.15, 0.2) is 6.10 Å². The fourth-order valence-corrected chi connectivity index (χ4v) is 11.5. The van der Waals surface area contributed by atoms with Crippen LogP contribution < -0.4 is 43.0 Å². The smallest absolute Gasteiger partial charge is 0.411 e. The lowest BCUT2D eigenvalue weighted by Crippen LogP contribution is -2.58. The molecule has 28 nitrogen and oxygen atoms in total. The molecule has 1 fully saturated rings. The lowest BCUT2D eigenvalue weighted by atomic mass is 9.84. The number of carboxylic acid groups (broad SMARTS) is 1. The Labute approximate surface area is 579 Å². The number of ether oxygens (including phenoxy) is 4. The zero-order valence-corrected chi connectivity index (χ0v) is 59.1. The van der Waals surface area contributed by atoms with E-state index in [4.69, 9.17) is 41.0 Å². The Hall–Kier alpha value is -8.27. The molecular formula is C69H103N11O17S. The number of hydrogen-bond acceptors (Lipinski definition) is 19. The highest BCUT2D eigenvalue weighted by Gasteiger charge is 2.41. The number of nitrogens with zero attached hydrogens (tertiary/aromatic N) is 3. The van der Waals surface area contributed by atoms with Crippen molar-refractivity contribution in [1.82, 2.24) is 41.5 Å². The van der Waals surface area contributed by atoms with Gasteiger partial charge in [-0.05, 0) is 126 Å². The number of aliphatic hydroxyl groups excluding tert-OH is 1. The van der Waals surface area contributed by atoms with E-state index in [-0.39, 0.29) is 126 Å². The van der Waals surface area contributed by atoms with Crippen molar-refractivity contribution in [3.05, 3.63) is 75.7 Å². The summed E-state index contributed by atoms with van der Waals surface area (Å²) in [5.74, 6) is -3.05. The number of hydrogen-bond donors (Lipinski definition) is 10. The number of piperidine rings is 1. The van der Waals surface area contributed by atoms with E-state index in [0.717, 1.165) is 30.7 Å². The summed E-state index contributed by atoms with van der Waals surface area (Å²) >= 11 is 1.07. The molecular weight excluding hydrogens is 1290 g/mol. The molecule has 0 bridgehead atoms. The Morgan fingerprint density at radius 2 is 1.49 bits per heavy atom. The number of terminal acetylenes is 1. The lowest BCUT2D eigenvalue weighted by Gasteiger charge is -2.39. The number of amides is 9. The Bertz CT molecular complexity index is 3100. The number of likely N-dealkylation sites (tertiary alicyclic amines) is 1. The van der Waals surface area contributed by atoms with Crippen molar-refractivity contribution in [2.24, 2.45) is 28.9 Å². The van der Waals surface area contributed by atoms with Gasteiger partial charge < -0.3 is 66.8 Å². The minimum atomic E-state index is -1.29. The second kappa shape index (κ2) is 42.5. The first-order valence-corrected chi connectivity index (χ1v) is 34.3. The van der Waals surface area contributed by atoms with Gasteiger partial charge in [-0.1, -0.05) is 78.6 Å². The number of unbranched alkanes of at least 4 members (excludes halogenated alkanes) is 1. The zero-order chi connectivity index (χ0) is 72.5. The molecule has 4 rings (SSSR count). The first-order valence-electron chi connectivity index (χ1n) is 33.5. The van der Waals surface area contributed by atoms with E-state index in [1.807, 2.05) is 39.6 Å². The number of esters is 1. The van der Waals surface area contributed by atoms with Gasteiger partial charge in [0.05, 0.1) is 57.1 Å². The number of nitrogens with one attached hydrogen (secondary N) is 7. The number of aliphatic carboxylic acids is 1. The molecule has 2 heterocycles. The molecule has 0 spiro atoms. The summed E-state index contributed by atoms with van der Waals surface area (Å²) < 4.78 is 21.9. The number of anilines is 2. The van der Waals surface area contributed by atoms with Gasteiger partial charge in [0, 0.05) is 55.5 Å². The van der Waals surface area contributed by atoms with E-state index in [2.05, 4.69) is 48.1 Å². The van der Waals surface area contributed by atoms with E-state index < -0.39 is 101 Å². The van der Waals surface area contributed by atoms with Gasteiger partial charge >= 0.3 is 24.1 Å². The van der Waals surface area contributed by atoms with E-state index in [0.29, 0.717) is 48.2 Å². The molecule has 3 aromatic rings. The number of aliphatic hydroxyl groups is 1. The highest BCUT2D eigenvalue weighted by molar-refractivity contribution is 7.09. The van der Waals surface area contributed by atoms with Crippen molar-refractivity contribution < 1.29 is 81.9 Å². The third kappa shape index (κ3) is 28.7. The highest BCUT2D eigenvalue weighted by Crippen LogP contribution is 2.33. The fourth-order valence-electron chi connectivity index (χ4n) is 10.7. The molecule has 2 aromatic carbocycles. The van der Waals surface area contributed by atoms with E-state index >= 15 is 0 Å². The van der Waals surface area contributed by atoms with Crippen LogP contribution in [0.1, 0.15) is 166 Å². The van der Waals surface area contributed by atoms with Crippen molar-refractivity contribution in [2.75, 3.05) is 70.4 Å². The van der Waals surface area contributed by atoms with E-state index in [1.54, 1.807) is 76.2 Å². The number of carbonyl (C=O) groups is 10. The summed E-state index contributed by atoms with van der Waals surface area (Å²) in [7, 11) is 1.90. The molecule has 542 valence electrons. The number of thiazole rings is 1. The third-order valence-electron chi connectivity index (χ3n) is 16.5. The molecule has 0 radical (unpaired) electrons. The lowest BCUT2D eigenvalue weighted by molar-refractivity contribution is -0.213. The molecule has 1 saturated heterocycles. The van der Waals surface area contributed by atoms with Crippen molar-refractivity contribution in [3.63, 3.8) is 0 Å². The second-order valence-corrected chi connectivity index (χ2v) is 26.6. The summed E-state index contributed by atoms with van der Waals surface area (Å²) in [4.78, 5) is 146. The molecule has 1 aliphatic heterocycles. The van der Waals surface area contributed by atoms with Crippen LogP contribution in [0, 0.1) is 35.5 Å². The van der Waals surface area contributed by atoms with Gasteiger partial charge in [0.25, 0.3) is 11.8 Å². The van der Waals surface area contributed by atoms with Crippen LogP contribution in [0.25, 0.3) is 0 Å². The molecule has 29 heteroatoms. The first kappa shape index (κ1) is 82.2. The molecule has 1 aliphatic rings. The largest absolute Gasteiger partial charge is 0.481 e. The number of urea groups is 1. The minimum Gasteiger partial charge on any atom is -0.481 e. The van der Waals surface area contributed by atoms with Gasteiger partial charge in [-0.25, -0.2) is 19.6 Å². The number of benzene rings is 2. The van der Waals surface area contributed by atoms with Crippen LogP contribution in [0.4, 0.5) is 21.0 Å². The molecule has 11 N–H and O–H groups in total. The maximum atomic E-state index is 14.9. The molecule has 9 amide bonds. The molecule has 0 saturated carbocycles. The normalized spacial score (nSPS) is 15.4.